The third-order valence-corrected chi connectivity index (χ3v) is 3.42. The number of hydrogen-bond acceptors (Lipinski definition) is 2. The summed E-state index contributed by atoms with van der Waals surface area (Å²) in [4.78, 5) is 0. The van der Waals surface area contributed by atoms with Gasteiger partial charge in [0.15, 0.2) is 16.9 Å². The molecular weight excluding hydrogens is 205 g/mol. The molecule has 0 spiro atoms. The molecule has 0 amide bonds. The summed E-state index contributed by atoms with van der Waals surface area (Å²) in [6.07, 6.45) is 4.74. The first kappa shape index (κ1) is 12.1. The van der Waals surface area contributed by atoms with E-state index >= 15 is 0 Å². The van der Waals surface area contributed by atoms with Gasteiger partial charge < -0.3 is 4.55 Å². The van der Waals surface area contributed by atoms with E-state index in [0.717, 1.165) is 12.8 Å². The van der Waals surface area contributed by atoms with E-state index in [1.807, 2.05) is 0 Å². The lowest BCUT2D eigenvalue weighted by molar-refractivity contribution is 0.158. The van der Waals surface area contributed by atoms with Crippen LogP contribution < -0.4 is 5.32 Å². The van der Waals surface area contributed by atoms with Gasteiger partial charge in [-0.15, -0.1) is 0 Å². The van der Waals surface area contributed by atoms with Gasteiger partial charge in [-0.2, -0.15) is 0 Å². The van der Waals surface area contributed by atoms with E-state index in [1.54, 1.807) is 0 Å². The highest BCUT2D eigenvalue weighted by atomic mass is 32.2. The van der Waals surface area contributed by atoms with Crippen LogP contribution in [0.25, 0.3) is 0 Å². The monoisotopic (exact) mass is 223 g/mol. The Hall–Kier alpha value is -0.0000000000000000416. The number of alkyl halides is 1. The summed E-state index contributed by atoms with van der Waals surface area (Å²) in [7, 11) is 0. The maximum Gasteiger partial charge on any atom is 0.172 e. The van der Waals surface area contributed by atoms with Crippen molar-refractivity contribution in [2.75, 3.05) is 12.3 Å². The SMILES string of the molecule is C[C@](F)(CS(=O)O)NCC1CCCC1. The quantitative estimate of drug-likeness (QED) is 0.550. The zero-order chi connectivity index (χ0) is 10.6. The Morgan fingerprint density at radius 2 is 2.14 bits per heavy atom. The summed E-state index contributed by atoms with van der Waals surface area (Å²) in [5, 5.41) is 2.71. The summed E-state index contributed by atoms with van der Waals surface area (Å²) < 4.78 is 32.5. The van der Waals surface area contributed by atoms with Crippen LogP contribution in [0.4, 0.5) is 4.39 Å². The lowest BCUT2D eigenvalue weighted by atomic mass is 10.1. The Labute approximate surface area is 86.7 Å². The molecule has 84 valence electrons. The molecule has 1 rings (SSSR count). The zero-order valence-corrected chi connectivity index (χ0v) is 9.28. The molecule has 0 radical (unpaired) electrons. The molecule has 2 N–H and O–H groups in total. The predicted molar refractivity (Wildman–Crippen MR) is 55.1 cm³/mol. The van der Waals surface area contributed by atoms with Crippen LogP contribution in [0.3, 0.4) is 0 Å². The standard InChI is InChI=1S/C9H18FNO2S/c1-9(10,7-14(12)13)11-6-8-4-2-3-5-8/h8,11H,2-7H2,1H3,(H,12,13)/t9-/m1/s1. The van der Waals surface area contributed by atoms with Gasteiger partial charge in [0.05, 0.1) is 5.75 Å². The van der Waals surface area contributed by atoms with Crippen LogP contribution in [0.15, 0.2) is 0 Å². The van der Waals surface area contributed by atoms with E-state index < -0.39 is 16.9 Å². The van der Waals surface area contributed by atoms with Crippen LogP contribution in [0, 0.1) is 5.92 Å². The molecule has 0 bridgehead atoms. The second-order valence-electron chi connectivity index (χ2n) is 4.19. The number of hydrogen-bond donors (Lipinski definition) is 2. The summed E-state index contributed by atoms with van der Waals surface area (Å²) in [5.74, 6) is -1.54. The third-order valence-electron chi connectivity index (χ3n) is 2.63. The highest BCUT2D eigenvalue weighted by Gasteiger charge is 2.27. The van der Waals surface area contributed by atoms with E-state index in [2.05, 4.69) is 5.32 Å². The zero-order valence-electron chi connectivity index (χ0n) is 8.46. The van der Waals surface area contributed by atoms with Crippen LogP contribution in [0.5, 0.6) is 0 Å². The Bertz CT molecular complexity index is 205. The molecule has 1 aliphatic rings. The average molecular weight is 223 g/mol. The van der Waals surface area contributed by atoms with Gasteiger partial charge in [0.1, 0.15) is 0 Å². The molecule has 0 aliphatic heterocycles. The van der Waals surface area contributed by atoms with E-state index in [9.17, 15) is 8.60 Å². The van der Waals surface area contributed by atoms with Crippen molar-refractivity contribution < 1.29 is 13.2 Å². The van der Waals surface area contributed by atoms with Crippen molar-refractivity contribution in [2.24, 2.45) is 5.92 Å². The predicted octanol–water partition coefficient (Wildman–Crippen LogP) is 1.67. The third kappa shape index (κ3) is 4.48. The van der Waals surface area contributed by atoms with Crippen LogP contribution >= 0.6 is 0 Å². The van der Waals surface area contributed by atoms with Gasteiger partial charge in [0, 0.05) is 6.54 Å². The van der Waals surface area contributed by atoms with Gasteiger partial charge in [-0.05, 0) is 25.7 Å². The molecule has 5 heteroatoms. The molecule has 0 heterocycles. The molecule has 2 atom stereocenters. The van der Waals surface area contributed by atoms with Gasteiger partial charge in [0.25, 0.3) is 0 Å². The summed E-state index contributed by atoms with van der Waals surface area (Å²) >= 11 is -2.08. The van der Waals surface area contributed by atoms with Crippen LogP contribution in [0.2, 0.25) is 0 Å². The van der Waals surface area contributed by atoms with Gasteiger partial charge in [-0.3, -0.25) is 5.32 Å². The van der Waals surface area contributed by atoms with Crippen molar-refractivity contribution in [3.63, 3.8) is 0 Å². The molecule has 1 saturated carbocycles. The minimum absolute atomic E-state index is 0.361. The fourth-order valence-corrected chi connectivity index (χ4v) is 2.42. The van der Waals surface area contributed by atoms with E-state index in [0.29, 0.717) is 12.5 Å². The maximum atomic E-state index is 13.5. The lowest BCUT2D eigenvalue weighted by Crippen LogP contribution is -2.44. The normalized spacial score (nSPS) is 24.8. The average Bonchev–Trinajstić information content (AvgIpc) is 2.50. The minimum atomic E-state index is -2.08. The van der Waals surface area contributed by atoms with E-state index in [-0.39, 0.29) is 5.75 Å². The first-order valence-corrected chi connectivity index (χ1v) is 6.28. The second kappa shape index (κ2) is 5.19. The summed E-state index contributed by atoms with van der Waals surface area (Å²) in [5.41, 5.74) is 0. The largest absolute Gasteiger partial charge is 0.306 e. The minimum Gasteiger partial charge on any atom is -0.306 e. The van der Waals surface area contributed by atoms with Crippen molar-refractivity contribution in [1.82, 2.24) is 5.32 Å². The van der Waals surface area contributed by atoms with Gasteiger partial charge in [-0.1, -0.05) is 12.8 Å². The molecule has 1 fully saturated rings. The molecule has 14 heavy (non-hydrogen) atoms. The van der Waals surface area contributed by atoms with Crippen LogP contribution in [-0.2, 0) is 11.1 Å². The highest BCUT2D eigenvalue weighted by molar-refractivity contribution is 7.79. The fraction of sp³-hybridized carbons (Fsp3) is 1.00. The molecule has 3 nitrogen and oxygen atoms in total. The van der Waals surface area contributed by atoms with Crippen molar-refractivity contribution in [3.8, 4) is 0 Å². The fourth-order valence-electron chi connectivity index (χ4n) is 1.85. The number of halogens is 1. The van der Waals surface area contributed by atoms with E-state index in [1.165, 1.54) is 19.8 Å². The van der Waals surface area contributed by atoms with E-state index in [4.69, 9.17) is 4.55 Å². The summed E-state index contributed by atoms with van der Waals surface area (Å²) in [6.45, 7) is 1.93. The first-order chi connectivity index (χ1) is 6.49. The number of nitrogens with one attached hydrogen (secondary N) is 1. The highest BCUT2D eigenvalue weighted by Crippen LogP contribution is 2.24. The van der Waals surface area contributed by atoms with Crippen molar-refractivity contribution in [2.45, 2.75) is 38.4 Å². The molecule has 1 unspecified atom stereocenters. The Balaban J connectivity index is 2.23. The number of rotatable bonds is 5. The van der Waals surface area contributed by atoms with Gasteiger partial charge in [0.2, 0.25) is 0 Å². The first-order valence-electron chi connectivity index (χ1n) is 5.01. The molecule has 0 aromatic heterocycles. The van der Waals surface area contributed by atoms with Crippen molar-refractivity contribution >= 4 is 11.1 Å². The van der Waals surface area contributed by atoms with Crippen molar-refractivity contribution in [1.29, 1.82) is 0 Å². The maximum absolute atomic E-state index is 13.5. The Kier molecular flexibility index (Phi) is 4.47. The molecule has 0 aromatic carbocycles. The van der Waals surface area contributed by atoms with Gasteiger partial charge in [-0.25, -0.2) is 8.60 Å². The topological polar surface area (TPSA) is 49.3 Å². The Morgan fingerprint density at radius 3 is 2.64 bits per heavy atom. The van der Waals surface area contributed by atoms with Crippen LogP contribution in [0.1, 0.15) is 32.6 Å². The van der Waals surface area contributed by atoms with Gasteiger partial charge >= 0.3 is 0 Å². The molecular formula is C9H18FNO2S. The van der Waals surface area contributed by atoms with Crippen molar-refractivity contribution in [3.05, 3.63) is 0 Å². The smallest absolute Gasteiger partial charge is 0.172 e. The van der Waals surface area contributed by atoms with Crippen LogP contribution in [-0.4, -0.2) is 26.9 Å². The second-order valence-corrected chi connectivity index (χ2v) is 5.13. The molecule has 1 aliphatic carbocycles. The molecule has 0 saturated heterocycles. The molecule has 0 aromatic rings. The summed E-state index contributed by atoms with van der Waals surface area (Å²) in [6, 6.07) is 0. The lowest BCUT2D eigenvalue weighted by Gasteiger charge is -2.22. The Morgan fingerprint density at radius 1 is 1.57 bits per heavy atom.